The number of carbonyl (C=O) groups is 1. The van der Waals surface area contributed by atoms with Crippen LogP contribution < -0.4 is 5.32 Å². The molecule has 1 saturated heterocycles. The highest BCUT2D eigenvalue weighted by molar-refractivity contribution is 5.90. The number of hydrogen-bond acceptors (Lipinski definition) is 2. The van der Waals surface area contributed by atoms with Gasteiger partial charge in [0.2, 0.25) is 0 Å². The lowest BCUT2D eigenvalue weighted by molar-refractivity contribution is 0.0683. The molecule has 2 N–H and O–H groups in total. The molecule has 126 valence electrons. The van der Waals surface area contributed by atoms with Gasteiger partial charge in [-0.05, 0) is 42.9 Å². The number of rotatable bonds is 3. The number of carbonyl (C=O) groups excluding carboxylic acids is 1. The molecule has 0 aliphatic carbocycles. The van der Waals surface area contributed by atoms with Crippen LogP contribution in [-0.2, 0) is 0 Å². The zero-order chi connectivity index (χ0) is 16.9. The Balaban J connectivity index is 1.55. The van der Waals surface area contributed by atoms with Gasteiger partial charge in [-0.15, -0.1) is 0 Å². The summed E-state index contributed by atoms with van der Waals surface area (Å²) >= 11 is 0. The Labute approximate surface area is 143 Å². The smallest absolute Gasteiger partial charge is 0.321 e. The van der Waals surface area contributed by atoms with Crippen LogP contribution in [0.2, 0.25) is 0 Å². The fraction of sp³-hybridized carbons (Fsp3) is 0.350. The van der Waals surface area contributed by atoms with Crippen LogP contribution in [0.4, 0.5) is 10.5 Å². The van der Waals surface area contributed by atoms with Gasteiger partial charge in [0.1, 0.15) is 0 Å². The van der Waals surface area contributed by atoms with Gasteiger partial charge in [0, 0.05) is 18.8 Å². The molecule has 3 rings (SSSR count). The third kappa shape index (κ3) is 3.77. The van der Waals surface area contributed by atoms with Crippen LogP contribution in [0.5, 0.6) is 0 Å². The number of hydrogen-bond donors (Lipinski definition) is 2. The molecule has 0 radical (unpaired) electrons. The fourth-order valence-electron chi connectivity index (χ4n) is 3.25. The molecule has 1 heterocycles. The van der Waals surface area contributed by atoms with Crippen molar-refractivity contribution in [1.82, 2.24) is 4.90 Å². The second-order valence-corrected chi connectivity index (χ2v) is 6.43. The molecule has 4 heteroatoms. The monoisotopic (exact) mass is 324 g/mol. The quantitative estimate of drug-likeness (QED) is 0.897. The van der Waals surface area contributed by atoms with Crippen LogP contribution in [0.3, 0.4) is 0 Å². The summed E-state index contributed by atoms with van der Waals surface area (Å²) in [6.45, 7) is 3.33. The topological polar surface area (TPSA) is 52.6 Å². The average Bonchev–Trinajstić information content (AvgIpc) is 2.64. The summed E-state index contributed by atoms with van der Waals surface area (Å²) in [5.74, 6) is 0.204. The fourth-order valence-corrected chi connectivity index (χ4v) is 3.25. The molecule has 2 aromatic rings. The van der Waals surface area contributed by atoms with Crippen molar-refractivity contribution in [3.05, 3.63) is 65.7 Å². The van der Waals surface area contributed by atoms with Gasteiger partial charge in [-0.2, -0.15) is 0 Å². The Morgan fingerprint density at radius 1 is 1.08 bits per heavy atom. The van der Waals surface area contributed by atoms with E-state index in [1.54, 1.807) is 0 Å². The van der Waals surface area contributed by atoms with Gasteiger partial charge in [-0.1, -0.05) is 48.5 Å². The van der Waals surface area contributed by atoms with Crippen molar-refractivity contribution < 1.29 is 9.90 Å². The maximum atomic E-state index is 12.4. The summed E-state index contributed by atoms with van der Waals surface area (Å²) in [6.07, 6.45) is 1.18. The largest absolute Gasteiger partial charge is 0.388 e. The maximum Gasteiger partial charge on any atom is 0.321 e. The first-order valence-electron chi connectivity index (χ1n) is 8.49. The van der Waals surface area contributed by atoms with E-state index >= 15 is 0 Å². The highest BCUT2D eigenvalue weighted by Gasteiger charge is 2.28. The first-order chi connectivity index (χ1) is 11.6. The SMILES string of the molecule is Cc1ccccc1NC(=O)N1CCC(C(O)c2ccccc2)CC1. The average molecular weight is 324 g/mol. The second-order valence-electron chi connectivity index (χ2n) is 6.43. The summed E-state index contributed by atoms with van der Waals surface area (Å²) in [4.78, 5) is 14.3. The van der Waals surface area contributed by atoms with E-state index in [2.05, 4.69) is 5.32 Å². The normalized spacial score (nSPS) is 16.7. The van der Waals surface area contributed by atoms with Gasteiger partial charge in [0.05, 0.1) is 6.10 Å². The molecule has 0 bridgehead atoms. The number of amides is 2. The summed E-state index contributed by atoms with van der Waals surface area (Å²) in [6, 6.07) is 17.5. The molecule has 4 nitrogen and oxygen atoms in total. The predicted molar refractivity (Wildman–Crippen MR) is 95.9 cm³/mol. The van der Waals surface area contributed by atoms with Crippen molar-refractivity contribution in [2.45, 2.75) is 25.9 Å². The van der Waals surface area contributed by atoms with Gasteiger partial charge in [-0.3, -0.25) is 0 Å². The lowest BCUT2D eigenvalue weighted by Crippen LogP contribution is -2.42. The van der Waals surface area contributed by atoms with E-state index in [4.69, 9.17) is 0 Å². The molecule has 1 fully saturated rings. The molecule has 2 amide bonds. The third-order valence-electron chi connectivity index (χ3n) is 4.80. The number of anilines is 1. The Hall–Kier alpha value is -2.33. The molecule has 0 spiro atoms. The highest BCUT2D eigenvalue weighted by atomic mass is 16.3. The van der Waals surface area contributed by atoms with Crippen LogP contribution >= 0.6 is 0 Å². The van der Waals surface area contributed by atoms with E-state index < -0.39 is 6.10 Å². The van der Waals surface area contributed by atoms with Crippen molar-refractivity contribution >= 4 is 11.7 Å². The van der Waals surface area contributed by atoms with Gasteiger partial charge in [-0.25, -0.2) is 4.79 Å². The van der Waals surface area contributed by atoms with E-state index in [9.17, 15) is 9.90 Å². The molecule has 2 aromatic carbocycles. The predicted octanol–water partition coefficient (Wildman–Crippen LogP) is 3.97. The number of aliphatic hydroxyl groups is 1. The Morgan fingerprint density at radius 3 is 2.38 bits per heavy atom. The van der Waals surface area contributed by atoms with Crippen molar-refractivity contribution in [2.24, 2.45) is 5.92 Å². The summed E-state index contributed by atoms with van der Waals surface area (Å²) in [7, 11) is 0. The Morgan fingerprint density at radius 2 is 1.71 bits per heavy atom. The molecule has 1 aliphatic heterocycles. The van der Waals surface area contributed by atoms with Crippen molar-refractivity contribution in [1.29, 1.82) is 0 Å². The number of nitrogens with zero attached hydrogens (tertiary/aromatic N) is 1. The van der Waals surface area contributed by atoms with Crippen LogP contribution in [0.1, 0.15) is 30.1 Å². The molecular weight excluding hydrogens is 300 g/mol. The first kappa shape index (κ1) is 16.5. The van der Waals surface area contributed by atoms with E-state index in [1.807, 2.05) is 66.4 Å². The van der Waals surface area contributed by atoms with Gasteiger partial charge in [0.15, 0.2) is 0 Å². The number of benzene rings is 2. The van der Waals surface area contributed by atoms with Gasteiger partial charge < -0.3 is 15.3 Å². The summed E-state index contributed by atoms with van der Waals surface area (Å²) in [5.41, 5.74) is 2.87. The highest BCUT2D eigenvalue weighted by Crippen LogP contribution is 2.30. The van der Waals surface area contributed by atoms with E-state index in [-0.39, 0.29) is 11.9 Å². The molecule has 1 unspecified atom stereocenters. The maximum absolute atomic E-state index is 12.4. The number of aryl methyl sites for hydroxylation is 1. The number of urea groups is 1. The summed E-state index contributed by atoms with van der Waals surface area (Å²) < 4.78 is 0. The molecule has 0 aromatic heterocycles. The van der Waals surface area contributed by atoms with Crippen LogP contribution in [0.15, 0.2) is 54.6 Å². The first-order valence-corrected chi connectivity index (χ1v) is 8.49. The Bertz CT molecular complexity index is 679. The molecule has 24 heavy (non-hydrogen) atoms. The number of likely N-dealkylation sites (tertiary alicyclic amines) is 1. The van der Waals surface area contributed by atoms with Gasteiger partial charge in [0.25, 0.3) is 0 Å². The number of piperidine rings is 1. The molecule has 1 aliphatic rings. The molecular formula is C20H24N2O2. The van der Waals surface area contributed by atoms with Crippen molar-refractivity contribution in [3.63, 3.8) is 0 Å². The van der Waals surface area contributed by atoms with Crippen LogP contribution in [0.25, 0.3) is 0 Å². The zero-order valence-electron chi connectivity index (χ0n) is 14.0. The second kappa shape index (κ2) is 7.49. The third-order valence-corrected chi connectivity index (χ3v) is 4.80. The number of aliphatic hydroxyl groups excluding tert-OH is 1. The standard InChI is InChI=1S/C20H24N2O2/c1-15-7-5-6-10-18(15)21-20(24)22-13-11-17(12-14-22)19(23)16-8-3-2-4-9-16/h2-10,17,19,23H,11-14H2,1H3,(H,21,24). The van der Waals surface area contributed by atoms with E-state index in [1.165, 1.54) is 0 Å². The zero-order valence-corrected chi connectivity index (χ0v) is 14.0. The van der Waals surface area contributed by atoms with Crippen molar-refractivity contribution in [2.75, 3.05) is 18.4 Å². The minimum Gasteiger partial charge on any atom is -0.388 e. The van der Waals surface area contributed by atoms with Crippen LogP contribution in [0, 0.1) is 12.8 Å². The van der Waals surface area contributed by atoms with Crippen molar-refractivity contribution in [3.8, 4) is 0 Å². The number of para-hydroxylation sites is 1. The lowest BCUT2D eigenvalue weighted by Gasteiger charge is -2.34. The minimum absolute atomic E-state index is 0.0584. The van der Waals surface area contributed by atoms with E-state index in [0.717, 1.165) is 29.7 Å². The summed E-state index contributed by atoms with van der Waals surface area (Å²) in [5, 5.41) is 13.5. The van der Waals surface area contributed by atoms with E-state index in [0.29, 0.717) is 13.1 Å². The minimum atomic E-state index is -0.451. The molecule has 1 atom stereocenters. The van der Waals surface area contributed by atoms with Gasteiger partial charge >= 0.3 is 6.03 Å². The lowest BCUT2D eigenvalue weighted by atomic mass is 9.87. The van der Waals surface area contributed by atoms with Crippen LogP contribution in [-0.4, -0.2) is 29.1 Å². The molecule has 0 saturated carbocycles. The Kier molecular flexibility index (Phi) is 5.16. The number of nitrogens with one attached hydrogen (secondary N) is 1.